The number of hydrogen-bond acceptors (Lipinski definition) is 4. The van der Waals surface area contributed by atoms with Crippen LogP contribution in [0.2, 0.25) is 5.02 Å². The van der Waals surface area contributed by atoms with E-state index in [1.165, 1.54) is 6.20 Å². The fourth-order valence-corrected chi connectivity index (χ4v) is 3.17. The molecule has 2 heterocycles. The van der Waals surface area contributed by atoms with Gasteiger partial charge in [-0.15, -0.1) is 0 Å². The van der Waals surface area contributed by atoms with Gasteiger partial charge in [-0.05, 0) is 23.8 Å². The molecule has 4 rings (SSSR count). The number of anilines is 1. The summed E-state index contributed by atoms with van der Waals surface area (Å²) < 4.78 is 33.6. The predicted octanol–water partition coefficient (Wildman–Crippen LogP) is 3.58. The van der Waals surface area contributed by atoms with Crippen LogP contribution in [0.15, 0.2) is 53.5 Å². The minimum Gasteiger partial charge on any atom is -0.488 e. The lowest BCUT2D eigenvalue weighted by atomic mass is 10.1. The topological polar surface area (TPSA) is 56.1 Å². The monoisotopic (exact) mass is 389 g/mol. The molecule has 0 saturated heterocycles. The fraction of sp³-hybridized carbons (Fsp3) is 0.158. The van der Waals surface area contributed by atoms with E-state index in [1.807, 2.05) is 24.3 Å². The molecule has 5 nitrogen and oxygen atoms in total. The normalized spacial score (nSPS) is 15.3. The summed E-state index contributed by atoms with van der Waals surface area (Å²) >= 11 is 6.13. The molecule has 138 valence electrons. The van der Waals surface area contributed by atoms with Gasteiger partial charge in [-0.3, -0.25) is 4.79 Å². The van der Waals surface area contributed by atoms with Gasteiger partial charge in [0.1, 0.15) is 28.4 Å². The summed E-state index contributed by atoms with van der Waals surface area (Å²) in [6, 6.07) is 10.6. The Bertz CT molecular complexity index is 1050. The summed E-state index contributed by atoms with van der Waals surface area (Å²) in [5.74, 6) is -0.805. The Hall–Kier alpha value is -2.93. The quantitative estimate of drug-likeness (QED) is 0.741. The van der Waals surface area contributed by atoms with Crippen molar-refractivity contribution in [1.29, 1.82) is 0 Å². The van der Waals surface area contributed by atoms with E-state index in [0.29, 0.717) is 18.3 Å². The molecule has 0 radical (unpaired) electrons. The highest BCUT2D eigenvalue weighted by molar-refractivity contribution is 6.32. The second-order valence-corrected chi connectivity index (χ2v) is 6.50. The number of halogens is 3. The number of benzene rings is 2. The van der Waals surface area contributed by atoms with Gasteiger partial charge >= 0.3 is 0 Å². The van der Waals surface area contributed by atoms with Gasteiger partial charge in [0.15, 0.2) is 5.82 Å². The zero-order valence-corrected chi connectivity index (χ0v) is 14.7. The van der Waals surface area contributed by atoms with Gasteiger partial charge in [0.2, 0.25) is 0 Å². The molecule has 1 aromatic heterocycles. The molecule has 0 aliphatic carbocycles. The number of nitrogens with zero attached hydrogens (tertiary/aromatic N) is 2. The number of fused-ring (bicyclic) bond motifs is 1. The lowest BCUT2D eigenvalue weighted by molar-refractivity contribution is 0.246. The first-order valence-electron chi connectivity index (χ1n) is 8.24. The highest BCUT2D eigenvalue weighted by atomic mass is 35.5. The van der Waals surface area contributed by atoms with Crippen LogP contribution in [0.25, 0.3) is 5.69 Å². The van der Waals surface area contributed by atoms with Crippen LogP contribution in [-0.4, -0.2) is 22.4 Å². The van der Waals surface area contributed by atoms with Crippen molar-refractivity contribution in [2.45, 2.75) is 12.5 Å². The van der Waals surface area contributed by atoms with E-state index < -0.39 is 17.2 Å². The third-order valence-corrected chi connectivity index (χ3v) is 4.66. The number of rotatable bonds is 4. The Balaban J connectivity index is 1.52. The van der Waals surface area contributed by atoms with Crippen LogP contribution in [0.3, 0.4) is 0 Å². The first-order chi connectivity index (χ1) is 13.0. The van der Waals surface area contributed by atoms with Crippen molar-refractivity contribution in [3.8, 4) is 11.4 Å². The maximum absolute atomic E-state index is 13.9. The molecule has 3 aromatic rings. The van der Waals surface area contributed by atoms with Crippen molar-refractivity contribution >= 4 is 17.3 Å². The minimum absolute atomic E-state index is 0.101. The first-order valence-corrected chi connectivity index (χ1v) is 8.62. The van der Waals surface area contributed by atoms with Gasteiger partial charge in [0.25, 0.3) is 5.56 Å². The van der Waals surface area contributed by atoms with Crippen LogP contribution < -0.4 is 15.6 Å². The maximum Gasteiger partial charge on any atom is 0.292 e. The molecule has 1 N–H and O–H groups in total. The third-order valence-electron chi connectivity index (χ3n) is 4.29. The van der Waals surface area contributed by atoms with Gasteiger partial charge in [-0.1, -0.05) is 29.8 Å². The maximum atomic E-state index is 13.9. The highest BCUT2D eigenvalue weighted by Crippen LogP contribution is 2.28. The van der Waals surface area contributed by atoms with E-state index in [9.17, 15) is 13.6 Å². The molecule has 2 aromatic carbocycles. The molecular weight excluding hydrogens is 376 g/mol. The lowest BCUT2D eigenvalue weighted by Crippen LogP contribution is -2.27. The van der Waals surface area contributed by atoms with Crippen LogP contribution in [0.5, 0.6) is 5.75 Å². The molecule has 1 unspecified atom stereocenters. The smallest absolute Gasteiger partial charge is 0.292 e. The van der Waals surface area contributed by atoms with Crippen molar-refractivity contribution in [2.75, 3.05) is 11.9 Å². The van der Waals surface area contributed by atoms with Crippen LogP contribution in [0.4, 0.5) is 14.5 Å². The van der Waals surface area contributed by atoms with Crippen molar-refractivity contribution in [3.63, 3.8) is 0 Å². The number of aromatic nitrogens is 2. The average molecular weight is 390 g/mol. The molecule has 27 heavy (non-hydrogen) atoms. The second-order valence-electron chi connectivity index (χ2n) is 6.12. The molecule has 0 spiro atoms. The first kappa shape index (κ1) is 17.5. The van der Waals surface area contributed by atoms with Gasteiger partial charge in [0, 0.05) is 12.5 Å². The number of hydrogen-bond donors (Lipinski definition) is 1. The Kier molecular flexibility index (Phi) is 4.53. The lowest BCUT2D eigenvalue weighted by Gasteiger charge is -2.14. The molecule has 8 heteroatoms. The van der Waals surface area contributed by atoms with E-state index in [4.69, 9.17) is 16.3 Å². The average Bonchev–Trinajstić information content (AvgIpc) is 3.07. The zero-order chi connectivity index (χ0) is 19.0. The van der Waals surface area contributed by atoms with Gasteiger partial charge in [0.05, 0.1) is 18.4 Å². The summed E-state index contributed by atoms with van der Waals surface area (Å²) in [5.41, 5.74) is 0.558. The van der Waals surface area contributed by atoms with E-state index >= 15 is 0 Å². The summed E-state index contributed by atoms with van der Waals surface area (Å²) in [6.07, 6.45) is 1.97. The van der Waals surface area contributed by atoms with E-state index in [1.54, 1.807) is 0 Å². The SMILES string of the molecule is O=c1c(Cl)c(NCC2Cc3ccccc3O2)cnn1-c1ccc(F)cc1F. The van der Waals surface area contributed by atoms with E-state index in [0.717, 1.165) is 34.5 Å². The highest BCUT2D eigenvalue weighted by Gasteiger charge is 2.22. The zero-order valence-electron chi connectivity index (χ0n) is 14.0. The number of ether oxygens (including phenoxy) is 1. The molecule has 0 fully saturated rings. The largest absolute Gasteiger partial charge is 0.488 e. The molecule has 1 aliphatic rings. The van der Waals surface area contributed by atoms with Crippen LogP contribution in [0, 0.1) is 11.6 Å². The molecule has 0 amide bonds. The van der Waals surface area contributed by atoms with Gasteiger partial charge < -0.3 is 10.1 Å². The summed E-state index contributed by atoms with van der Waals surface area (Å²) in [5, 5.41) is 6.85. The second kappa shape index (κ2) is 7.00. The summed E-state index contributed by atoms with van der Waals surface area (Å²) in [4.78, 5) is 12.4. The Morgan fingerprint density at radius 3 is 2.85 bits per heavy atom. The molecular formula is C19H14ClF2N3O2. The Morgan fingerprint density at radius 2 is 2.07 bits per heavy atom. The summed E-state index contributed by atoms with van der Waals surface area (Å²) in [6.45, 7) is 0.421. The minimum atomic E-state index is -0.904. The summed E-state index contributed by atoms with van der Waals surface area (Å²) in [7, 11) is 0. The number of nitrogens with one attached hydrogen (secondary N) is 1. The van der Waals surface area contributed by atoms with Crippen molar-refractivity contribution in [3.05, 3.63) is 81.2 Å². The predicted molar refractivity (Wildman–Crippen MR) is 97.8 cm³/mol. The van der Waals surface area contributed by atoms with Gasteiger partial charge in [-0.25, -0.2) is 8.78 Å². The van der Waals surface area contributed by atoms with E-state index in [-0.39, 0.29) is 16.8 Å². The van der Waals surface area contributed by atoms with Crippen LogP contribution in [-0.2, 0) is 6.42 Å². The van der Waals surface area contributed by atoms with Crippen LogP contribution in [0.1, 0.15) is 5.56 Å². The van der Waals surface area contributed by atoms with Crippen molar-refractivity contribution < 1.29 is 13.5 Å². The van der Waals surface area contributed by atoms with Crippen molar-refractivity contribution in [1.82, 2.24) is 9.78 Å². The number of para-hydroxylation sites is 1. The van der Waals surface area contributed by atoms with E-state index in [2.05, 4.69) is 10.4 Å². The Labute approximate surface area is 158 Å². The molecule has 0 bridgehead atoms. The third kappa shape index (κ3) is 3.38. The standard InChI is InChI=1S/C19H14ClF2N3O2/c20-18-15(23-9-13-7-11-3-1-2-4-17(11)27-13)10-24-25(19(18)26)16-6-5-12(21)8-14(16)22/h1-6,8,10,13,23H,7,9H2. The molecule has 1 atom stereocenters. The van der Waals surface area contributed by atoms with Crippen LogP contribution >= 0.6 is 11.6 Å². The molecule has 0 saturated carbocycles. The van der Waals surface area contributed by atoms with Crippen molar-refractivity contribution in [2.24, 2.45) is 0 Å². The molecule has 1 aliphatic heterocycles. The van der Waals surface area contributed by atoms with Gasteiger partial charge in [-0.2, -0.15) is 9.78 Å². The Morgan fingerprint density at radius 1 is 1.26 bits per heavy atom. The fourth-order valence-electron chi connectivity index (χ4n) is 2.97.